The summed E-state index contributed by atoms with van der Waals surface area (Å²) in [6.45, 7) is 6.10. The van der Waals surface area contributed by atoms with Crippen molar-refractivity contribution in [3.8, 4) is 11.3 Å². The van der Waals surface area contributed by atoms with Crippen LogP contribution in [0.3, 0.4) is 0 Å². The Bertz CT molecular complexity index is 1400. The summed E-state index contributed by atoms with van der Waals surface area (Å²) in [4.78, 5) is 30.5. The highest BCUT2D eigenvalue weighted by Crippen LogP contribution is 2.31. The molecule has 2 heterocycles. The van der Waals surface area contributed by atoms with Crippen LogP contribution in [0.15, 0.2) is 60.8 Å². The molecule has 7 nitrogen and oxygen atoms in total. The lowest BCUT2D eigenvalue weighted by Crippen LogP contribution is -2.15. The average Bonchev–Trinajstić information content (AvgIpc) is 3.58. The molecular formula is C27H27N5O2. The molecular weight excluding hydrogens is 426 g/mol. The summed E-state index contributed by atoms with van der Waals surface area (Å²) in [6, 6.07) is 17.1. The molecule has 2 amide bonds. The average molecular weight is 454 g/mol. The van der Waals surface area contributed by atoms with E-state index in [4.69, 9.17) is 4.98 Å². The van der Waals surface area contributed by atoms with Gasteiger partial charge in [0.25, 0.3) is 5.91 Å². The summed E-state index contributed by atoms with van der Waals surface area (Å²) in [6.07, 6.45) is 3.58. The highest BCUT2D eigenvalue weighted by atomic mass is 16.2. The highest BCUT2D eigenvalue weighted by molar-refractivity contribution is 6.13. The summed E-state index contributed by atoms with van der Waals surface area (Å²) in [7, 11) is 0. The molecule has 2 aromatic carbocycles. The van der Waals surface area contributed by atoms with Crippen LogP contribution in [0.2, 0.25) is 0 Å². The van der Waals surface area contributed by atoms with Gasteiger partial charge < -0.3 is 10.6 Å². The number of hydrogen-bond donors (Lipinski definition) is 2. The number of rotatable bonds is 6. The molecule has 0 radical (unpaired) electrons. The van der Waals surface area contributed by atoms with E-state index in [9.17, 15) is 9.59 Å². The number of fused-ring (bicyclic) bond motifs is 1. The van der Waals surface area contributed by atoms with Crippen molar-refractivity contribution in [1.29, 1.82) is 0 Å². The van der Waals surface area contributed by atoms with Crippen LogP contribution in [0.5, 0.6) is 0 Å². The number of pyridine rings is 1. The second-order valence-corrected chi connectivity index (χ2v) is 9.09. The van der Waals surface area contributed by atoms with Gasteiger partial charge in [-0.15, -0.1) is 0 Å². The van der Waals surface area contributed by atoms with Crippen molar-refractivity contribution >= 4 is 34.2 Å². The van der Waals surface area contributed by atoms with Crippen LogP contribution in [0.25, 0.3) is 22.3 Å². The molecule has 1 fully saturated rings. The zero-order valence-electron chi connectivity index (χ0n) is 19.5. The lowest BCUT2D eigenvalue weighted by Gasteiger charge is -2.13. The lowest BCUT2D eigenvalue weighted by molar-refractivity contribution is -0.117. The summed E-state index contributed by atoms with van der Waals surface area (Å²) in [5.74, 6) is -0.111. The number of anilines is 2. The molecule has 0 unspecified atom stereocenters. The second-order valence-electron chi connectivity index (χ2n) is 9.09. The van der Waals surface area contributed by atoms with Crippen LogP contribution in [0.1, 0.15) is 48.7 Å². The number of benzene rings is 2. The molecule has 7 heteroatoms. The standard InChI is InChI=1S/C27H27N5O2/c1-16(2)32-25-23(15-28-32)22(14-24(31-25)21-10-5-4-7-17(21)3)27(34)30-20-9-6-8-19(13-20)29-26(33)18-11-12-18/h4-10,13-16,18H,11-12H2,1-3H3,(H,29,33)(H,30,34). The minimum atomic E-state index is -0.254. The van der Waals surface area contributed by atoms with Crippen LogP contribution in [0, 0.1) is 12.8 Å². The van der Waals surface area contributed by atoms with Crippen LogP contribution >= 0.6 is 0 Å². The zero-order chi connectivity index (χ0) is 23.8. The van der Waals surface area contributed by atoms with Gasteiger partial charge in [-0.2, -0.15) is 5.10 Å². The quantitative estimate of drug-likeness (QED) is 0.398. The Morgan fingerprint density at radius 3 is 2.44 bits per heavy atom. The second kappa shape index (κ2) is 8.74. The molecule has 2 N–H and O–H groups in total. The Morgan fingerprint density at radius 1 is 1.00 bits per heavy atom. The van der Waals surface area contributed by atoms with Gasteiger partial charge in [-0.3, -0.25) is 9.59 Å². The van der Waals surface area contributed by atoms with Gasteiger partial charge in [0.1, 0.15) is 0 Å². The summed E-state index contributed by atoms with van der Waals surface area (Å²) in [5, 5.41) is 11.1. The van der Waals surface area contributed by atoms with Gasteiger partial charge in [0, 0.05) is 28.9 Å². The van der Waals surface area contributed by atoms with Crippen molar-refractivity contribution in [1.82, 2.24) is 14.8 Å². The first kappa shape index (κ1) is 21.8. The Balaban J connectivity index is 1.52. The third-order valence-corrected chi connectivity index (χ3v) is 6.06. The summed E-state index contributed by atoms with van der Waals surface area (Å²) in [5.41, 5.74) is 5.23. The van der Waals surface area contributed by atoms with E-state index in [0.717, 1.165) is 29.7 Å². The van der Waals surface area contributed by atoms with Crippen molar-refractivity contribution < 1.29 is 9.59 Å². The molecule has 0 atom stereocenters. The number of nitrogens with one attached hydrogen (secondary N) is 2. The maximum absolute atomic E-state index is 13.5. The Morgan fingerprint density at radius 2 is 1.74 bits per heavy atom. The Kier molecular flexibility index (Phi) is 5.61. The Labute approximate surface area is 198 Å². The van der Waals surface area contributed by atoms with Gasteiger partial charge in [0.2, 0.25) is 5.91 Å². The molecule has 0 saturated heterocycles. The Hall–Kier alpha value is -4.00. The minimum absolute atomic E-state index is 0.0308. The predicted molar refractivity (Wildman–Crippen MR) is 134 cm³/mol. The van der Waals surface area contributed by atoms with E-state index in [1.165, 1.54) is 0 Å². The summed E-state index contributed by atoms with van der Waals surface area (Å²) >= 11 is 0. The number of aromatic nitrogens is 3. The number of carbonyl (C=O) groups is 2. The smallest absolute Gasteiger partial charge is 0.256 e. The molecule has 0 bridgehead atoms. The monoisotopic (exact) mass is 453 g/mol. The fourth-order valence-corrected chi connectivity index (χ4v) is 4.05. The molecule has 2 aromatic heterocycles. The van der Waals surface area contributed by atoms with E-state index in [2.05, 4.69) is 15.7 Å². The number of amides is 2. The minimum Gasteiger partial charge on any atom is -0.326 e. The van der Waals surface area contributed by atoms with E-state index in [0.29, 0.717) is 28.0 Å². The van der Waals surface area contributed by atoms with Gasteiger partial charge in [-0.1, -0.05) is 30.3 Å². The van der Waals surface area contributed by atoms with E-state index in [1.54, 1.807) is 12.3 Å². The molecule has 0 aliphatic heterocycles. The fraction of sp³-hybridized carbons (Fsp3) is 0.259. The first-order valence-corrected chi connectivity index (χ1v) is 11.6. The van der Waals surface area contributed by atoms with Gasteiger partial charge in [-0.25, -0.2) is 9.67 Å². The lowest BCUT2D eigenvalue weighted by atomic mass is 10.0. The van der Waals surface area contributed by atoms with Crippen LogP contribution in [-0.2, 0) is 4.79 Å². The molecule has 172 valence electrons. The van der Waals surface area contributed by atoms with E-state index in [1.807, 2.05) is 74.0 Å². The molecule has 1 aliphatic carbocycles. The number of hydrogen-bond acceptors (Lipinski definition) is 4. The van der Waals surface area contributed by atoms with Crippen LogP contribution in [0.4, 0.5) is 11.4 Å². The largest absolute Gasteiger partial charge is 0.326 e. The van der Waals surface area contributed by atoms with E-state index in [-0.39, 0.29) is 23.8 Å². The maximum atomic E-state index is 13.5. The SMILES string of the molecule is Cc1ccccc1-c1cc(C(=O)Nc2cccc(NC(=O)C3CC3)c2)c2cnn(C(C)C)c2n1. The first-order valence-electron chi connectivity index (χ1n) is 11.6. The third kappa shape index (κ3) is 4.29. The van der Waals surface area contributed by atoms with Crippen LogP contribution in [-0.4, -0.2) is 26.6 Å². The highest BCUT2D eigenvalue weighted by Gasteiger charge is 2.29. The third-order valence-electron chi connectivity index (χ3n) is 6.06. The first-order chi connectivity index (χ1) is 16.4. The van der Waals surface area contributed by atoms with Gasteiger partial charge in [-0.05, 0) is 63.4 Å². The van der Waals surface area contributed by atoms with Crippen molar-refractivity contribution in [2.45, 2.75) is 39.7 Å². The molecule has 4 aromatic rings. The van der Waals surface area contributed by atoms with Gasteiger partial charge >= 0.3 is 0 Å². The van der Waals surface area contributed by atoms with Crippen molar-refractivity contribution in [2.24, 2.45) is 5.92 Å². The normalized spacial score (nSPS) is 13.3. The van der Waals surface area contributed by atoms with Crippen molar-refractivity contribution in [2.75, 3.05) is 10.6 Å². The number of carbonyl (C=O) groups excluding carboxylic acids is 2. The topological polar surface area (TPSA) is 88.9 Å². The van der Waals surface area contributed by atoms with Crippen LogP contribution < -0.4 is 10.6 Å². The molecule has 0 spiro atoms. The van der Waals surface area contributed by atoms with E-state index < -0.39 is 0 Å². The molecule has 1 aliphatic rings. The van der Waals surface area contributed by atoms with Crippen molar-refractivity contribution in [3.63, 3.8) is 0 Å². The predicted octanol–water partition coefficient (Wildman–Crippen LogP) is 5.59. The molecule has 34 heavy (non-hydrogen) atoms. The van der Waals surface area contributed by atoms with Gasteiger partial charge in [0.05, 0.1) is 22.8 Å². The maximum Gasteiger partial charge on any atom is 0.256 e. The number of aryl methyl sites for hydroxylation is 1. The van der Waals surface area contributed by atoms with Gasteiger partial charge in [0.15, 0.2) is 5.65 Å². The number of nitrogens with zero attached hydrogens (tertiary/aromatic N) is 3. The van der Waals surface area contributed by atoms with Crippen molar-refractivity contribution in [3.05, 3.63) is 71.9 Å². The fourth-order valence-electron chi connectivity index (χ4n) is 4.05. The van der Waals surface area contributed by atoms with E-state index >= 15 is 0 Å². The summed E-state index contributed by atoms with van der Waals surface area (Å²) < 4.78 is 1.84. The zero-order valence-corrected chi connectivity index (χ0v) is 19.5. The molecule has 1 saturated carbocycles. The molecule has 5 rings (SSSR count).